The van der Waals surface area contributed by atoms with Crippen LogP contribution in [0.3, 0.4) is 0 Å². The number of fused-ring (bicyclic) bond motifs is 1. The summed E-state index contributed by atoms with van der Waals surface area (Å²) in [5, 5.41) is 9.33. The van der Waals surface area contributed by atoms with Gasteiger partial charge in [-0.05, 0) is 43.7 Å². The van der Waals surface area contributed by atoms with E-state index in [9.17, 15) is 0 Å². The van der Waals surface area contributed by atoms with Crippen molar-refractivity contribution in [3.05, 3.63) is 49.1 Å². The average Bonchev–Trinajstić information content (AvgIpc) is 2.67. The Morgan fingerprint density at radius 1 is 1.08 bits per heavy atom. The number of hydrogen-bond donors (Lipinski definition) is 2. The molecule has 0 bridgehead atoms. The van der Waals surface area contributed by atoms with E-state index in [-0.39, 0.29) is 0 Å². The van der Waals surface area contributed by atoms with Crippen LogP contribution in [0, 0.1) is 0 Å². The van der Waals surface area contributed by atoms with Gasteiger partial charge >= 0.3 is 0 Å². The number of aromatic nitrogens is 3. The molecule has 1 fully saturated rings. The standard InChI is InChI=1S/C19H21N5/c1-2-7-22-16(3-1)13-23-19-17-6-10-21-12-15(17)11-18(24-19)14-4-8-20-9-5-14/h4-6,8-12,16,22H,1-3,7,13H2,(H,23,24)/t16-/m0/s1. The zero-order valence-electron chi connectivity index (χ0n) is 13.6. The van der Waals surface area contributed by atoms with Gasteiger partial charge in [-0.3, -0.25) is 9.97 Å². The van der Waals surface area contributed by atoms with Crippen molar-refractivity contribution in [3.8, 4) is 11.3 Å². The Morgan fingerprint density at radius 3 is 2.79 bits per heavy atom. The Hall–Kier alpha value is -2.53. The van der Waals surface area contributed by atoms with E-state index >= 15 is 0 Å². The normalized spacial score (nSPS) is 17.8. The third-order valence-electron chi connectivity index (χ3n) is 4.54. The smallest absolute Gasteiger partial charge is 0.134 e. The Bertz CT molecular complexity index is 812. The van der Waals surface area contributed by atoms with Crippen molar-refractivity contribution >= 4 is 16.6 Å². The van der Waals surface area contributed by atoms with Crippen LogP contribution >= 0.6 is 0 Å². The Labute approximate surface area is 141 Å². The monoisotopic (exact) mass is 319 g/mol. The van der Waals surface area contributed by atoms with E-state index < -0.39 is 0 Å². The number of pyridine rings is 3. The molecule has 24 heavy (non-hydrogen) atoms. The molecule has 1 atom stereocenters. The van der Waals surface area contributed by atoms with Gasteiger partial charge in [-0.1, -0.05) is 6.42 Å². The van der Waals surface area contributed by atoms with E-state index in [0.29, 0.717) is 6.04 Å². The van der Waals surface area contributed by atoms with Crippen molar-refractivity contribution in [1.29, 1.82) is 0 Å². The highest BCUT2D eigenvalue weighted by atomic mass is 15.0. The fourth-order valence-corrected chi connectivity index (χ4v) is 3.22. The predicted octanol–water partition coefficient (Wildman–Crippen LogP) is 3.25. The Balaban J connectivity index is 1.67. The molecule has 1 aliphatic heterocycles. The van der Waals surface area contributed by atoms with Crippen molar-refractivity contribution in [2.45, 2.75) is 25.3 Å². The molecule has 122 valence electrons. The highest BCUT2D eigenvalue weighted by Crippen LogP contribution is 2.27. The summed E-state index contributed by atoms with van der Waals surface area (Å²) in [6.07, 6.45) is 11.1. The minimum atomic E-state index is 0.516. The molecule has 4 heterocycles. The summed E-state index contributed by atoms with van der Waals surface area (Å²) in [4.78, 5) is 13.2. The molecule has 0 radical (unpaired) electrons. The maximum absolute atomic E-state index is 4.86. The van der Waals surface area contributed by atoms with E-state index in [1.165, 1.54) is 19.3 Å². The largest absolute Gasteiger partial charge is 0.368 e. The van der Waals surface area contributed by atoms with Crippen LogP contribution in [0.4, 0.5) is 5.82 Å². The molecule has 3 aromatic heterocycles. The van der Waals surface area contributed by atoms with Gasteiger partial charge in [0.1, 0.15) is 5.82 Å². The molecule has 0 unspecified atom stereocenters. The summed E-state index contributed by atoms with van der Waals surface area (Å²) in [6.45, 7) is 2.01. The van der Waals surface area contributed by atoms with E-state index in [0.717, 1.165) is 40.9 Å². The molecule has 0 amide bonds. The van der Waals surface area contributed by atoms with Gasteiger partial charge in [0.2, 0.25) is 0 Å². The van der Waals surface area contributed by atoms with Gasteiger partial charge in [0.25, 0.3) is 0 Å². The van der Waals surface area contributed by atoms with Gasteiger partial charge < -0.3 is 10.6 Å². The first-order valence-electron chi connectivity index (χ1n) is 8.52. The van der Waals surface area contributed by atoms with Gasteiger partial charge in [0.05, 0.1) is 5.69 Å². The zero-order valence-corrected chi connectivity index (χ0v) is 13.6. The number of nitrogens with zero attached hydrogens (tertiary/aromatic N) is 3. The second kappa shape index (κ2) is 6.93. The van der Waals surface area contributed by atoms with Gasteiger partial charge in [-0.15, -0.1) is 0 Å². The maximum atomic E-state index is 4.86. The molecule has 5 heteroatoms. The first-order chi connectivity index (χ1) is 11.9. The molecule has 0 aromatic carbocycles. The molecule has 5 nitrogen and oxygen atoms in total. The van der Waals surface area contributed by atoms with Crippen LogP contribution in [0.1, 0.15) is 19.3 Å². The molecular weight excluding hydrogens is 298 g/mol. The van der Waals surface area contributed by atoms with Gasteiger partial charge in [-0.25, -0.2) is 4.98 Å². The summed E-state index contributed by atoms with van der Waals surface area (Å²) in [7, 11) is 0. The fraction of sp³-hybridized carbons (Fsp3) is 0.316. The minimum Gasteiger partial charge on any atom is -0.368 e. The molecule has 4 rings (SSSR count). The maximum Gasteiger partial charge on any atom is 0.134 e. The van der Waals surface area contributed by atoms with Crippen LogP contribution in [0.15, 0.2) is 49.1 Å². The van der Waals surface area contributed by atoms with Gasteiger partial charge in [0.15, 0.2) is 0 Å². The highest BCUT2D eigenvalue weighted by molar-refractivity contribution is 5.93. The van der Waals surface area contributed by atoms with Crippen molar-refractivity contribution < 1.29 is 0 Å². The number of rotatable bonds is 4. The minimum absolute atomic E-state index is 0.516. The van der Waals surface area contributed by atoms with Crippen LogP contribution in [0.2, 0.25) is 0 Å². The molecule has 0 spiro atoms. The van der Waals surface area contributed by atoms with Crippen LogP contribution in [-0.2, 0) is 0 Å². The number of hydrogen-bond acceptors (Lipinski definition) is 5. The molecule has 2 N–H and O–H groups in total. The molecule has 0 aliphatic carbocycles. The molecule has 1 aliphatic rings. The third-order valence-corrected chi connectivity index (χ3v) is 4.54. The summed E-state index contributed by atoms with van der Waals surface area (Å²) in [5.41, 5.74) is 2.01. The second-order valence-corrected chi connectivity index (χ2v) is 6.22. The van der Waals surface area contributed by atoms with Crippen LogP contribution in [-0.4, -0.2) is 34.1 Å². The first kappa shape index (κ1) is 15.0. The van der Waals surface area contributed by atoms with Gasteiger partial charge in [0, 0.05) is 53.7 Å². The van der Waals surface area contributed by atoms with Crippen molar-refractivity contribution in [1.82, 2.24) is 20.3 Å². The number of piperidine rings is 1. The van der Waals surface area contributed by atoms with E-state index in [1.54, 1.807) is 12.4 Å². The second-order valence-electron chi connectivity index (χ2n) is 6.22. The lowest BCUT2D eigenvalue weighted by Gasteiger charge is -2.24. The lowest BCUT2D eigenvalue weighted by atomic mass is 10.0. The summed E-state index contributed by atoms with van der Waals surface area (Å²) < 4.78 is 0. The van der Waals surface area contributed by atoms with Gasteiger partial charge in [-0.2, -0.15) is 0 Å². The Kier molecular flexibility index (Phi) is 4.34. The van der Waals surface area contributed by atoms with Crippen molar-refractivity contribution in [2.75, 3.05) is 18.4 Å². The molecule has 3 aromatic rings. The van der Waals surface area contributed by atoms with Crippen LogP contribution < -0.4 is 10.6 Å². The lowest BCUT2D eigenvalue weighted by Crippen LogP contribution is -2.39. The zero-order chi connectivity index (χ0) is 16.2. The van der Waals surface area contributed by atoms with Crippen molar-refractivity contribution in [3.63, 3.8) is 0 Å². The van der Waals surface area contributed by atoms with Crippen molar-refractivity contribution in [2.24, 2.45) is 0 Å². The average molecular weight is 319 g/mol. The predicted molar refractivity (Wildman–Crippen MR) is 96.9 cm³/mol. The van der Waals surface area contributed by atoms with E-state index in [4.69, 9.17) is 4.98 Å². The lowest BCUT2D eigenvalue weighted by molar-refractivity contribution is 0.414. The Morgan fingerprint density at radius 2 is 1.96 bits per heavy atom. The van der Waals surface area contributed by atoms with E-state index in [1.807, 2.05) is 30.6 Å². The molecule has 1 saturated heterocycles. The SMILES string of the molecule is c1cc(-c2cc3cnccc3c(NC[C@@H]3CCCCN3)n2)ccn1. The fourth-order valence-electron chi connectivity index (χ4n) is 3.22. The number of anilines is 1. The molecule has 0 saturated carbocycles. The van der Waals surface area contributed by atoms with Crippen LogP contribution in [0.5, 0.6) is 0 Å². The molecular formula is C19H21N5. The van der Waals surface area contributed by atoms with E-state index in [2.05, 4.69) is 26.7 Å². The highest BCUT2D eigenvalue weighted by Gasteiger charge is 2.14. The summed E-state index contributed by atoms with van der Waals surface area (Å²) in [5.74, 6) is 0.925. The third kappa shape index (κ3) is 3.21. The van der Waals surface area contributed by atoms with Crippen LogP contribution in [0.25, 0.3) is 22.0 Å². The first-order valence-corrected chi connectivity index (χ1v) is 8.52. The quantitative estimate of drug-likeness (QED) is 0.773. The summed E-state index contributed by atoms with van der Waals surface area (Å²) >= 11 is 0. The summed E-state index contributed by atoms with van der Waals surface area (Å²) in [6, 6.07) is 8.59. The topological polar surface area (TPSA) is 62.7 Å². The number of nitrogens with one attached hydrogen (secondary N) is 2.